The zero-order valence-electron chi connectivity index (χ0n) is 16.8. The molecule has 7 nitrogen and oxygen atoms in total. The van der Waals surface area contributed by atoms with Crippen LogP contribution in [0.15, 0.2) is 47.0 Å². The van der Waals surface area contributed by atoms with Crippen molar-refractivity contribution in [1.82, 2.24) is 15.6 Å². The summed E-state index contributed by atoms with van der Waals surface area (Å²) in [6.07, 6.45) is 1.62. The van der Waals surface area contributed by atoms with Gasteiger partial charge in [-0.05, 0) is 37.6 Å². The summed E-state index contributed by atoms with van der Waals surface area (Å²) in [7, 11) is 0. The molecule has 2 aliphatic rings. The number of nitrogen functional groups attached to an aromatic ring is 1. The lowest BCUT2D eigenvalue weighted by atomic mass is 9.99. The van der Waals surface area contributed by atoms with E-state index in [1.807, 2.05) is 13.8 Å². The predicted molar refractivity (Wildman–Crippen MR) is 117 cm³/mol. The zero-order valence-corrected chi connectivity index (χ0v) is 17.6. The van der Waals surface area contributed by atoms with E-state index >= 15 is 0 Å². The van der Waals surface area contributed by atoms with Crippen molar-refractivity contribution in [2.45, 2.75) is 26.4 Å². The second kappa shape index (κ2) is 8.35. The summed E-state index contributed by atoms with van der Waals surface area (Å²) in [6.45, 7) is 4.50. The molecular weight excluding hydrogens is 403 g/mol. The van der Waals surface area contributed by atoms with E-state index < -0.39 is 6.10 Å². The molecule has 1 aromatic carbocycles. The summed E-state index contributed by atoms with van der Waals surface area (Å²) < 4.78 is 20.3. The van der Waals surface area contributed by atoms with Crippen LogP contribution < -0.4 is 21.1 Å². The molecule has 30 heavy (non-hydrogen) atoms. The van der Waals surface area contributed by atoms with E-state index in [0.29, 0.717) is 36.0 Å². The van der Waals surface area contributed by atoms with Gasteiger partial charge in [0, 0.05) is 40.9 Å². The first-order valence-corrected chi connectivity index (χ1v) is 10.7. The number of pyridine rings is 1. The molecule has 4 rings (SSSR count). The quantitative estimate of drug-likeness (QED) is 0.534. The van der Waals surface area contributed by atoms with Gasteiger partial charge in [0.25, 0.3) is 0 Å². The van der Waals surface area contributed by atoms with Gasteiger partial charge in [0.05, 0.1) is 17.3 Å². The number of rotatable bonds is 3. The van der Waals surface area contributed by atoms with Gasteiger partial charge < -0.3 is 21.1 Å². The largest absolute Gasteiger partial charge is 0.482 e. The Morgan fingerprint density at radius 3 is 3.03 bits per heavy atom. The van der Waals surface area contributed by atoms with E-state index in [9.17, 15) is 4.39 Å². The SMILES string of the molecule is CCN/C1=C(\N=N)CC2=C(SCN2)c2ccc(F)cc2C(C)Oc2cc1cnc2N. The lowest BCUT2D eigenvalue weighted by Crippen LogP contribution is -2.17. The number of halogens is 1. The second-order valence-electron chi connectivity index (χ2n) is 7.01. The fraction of sp³-hybridized carbons (Fsp3) is 0.286. The third kappa shape index (κ3) is 3.72. The maximum absolute atomic E-state index is 14.1. The molecular formula is C21H23FN6OS. The maximum atomic E-state index is 14.1. The molecule has 2 aromatic rings. The molecule has 0 saturated heterocycles. The molecule has 0 amide bonds. The number of ether oxygens (including phenoxy) is 1. The number of fused-ring (bicyclic) bond motifs is 4. The van der Waals surface area contributed by atoms with Crippen molar-refractivity contribution in [2.75, 3.05) is 18.2 Å². The van der Waals surface area contributed by atoms with Crippen LogP contribution >= 0.6 is 11.8 Å². The standard InChI is InChI=1S/C21H23FN6OS/c1-3-25-19-12-6-18(21(23)26-9-12)29-11(2)15-7-13(22)4-5-14(15)20-17(27-10-30-20)8-16(19)28-24/h4-7,9,11,24-25,27H,3,8,10H2,1-2H3,(H2,23,26)/b19-16-,28-24?. The van der Waals surface area contributed by atoms with E-state index in [2.05, 4.69) is 20.7 Å². The molecule has 0 spiro atoms. The van der Waals surface area contributed by atoms with Gasteiger partial charge in [0.1, 0.15) is 11.9 Å². The minimum atomic E-state index is -0.448. The number of thioether (sulfide) groups is 1. The number of hydrogen-bond acceptors (Lipinski definition) is 8. The van der Waals surface area contributed by atoms with Crippen LogP contribution in [0.2, 0.25) is 0 Å². The van der Waals surface area contributed by atoms with Crippen LogP contribution in [-0.2, 0) is 0 Å². The first-order chi connectivity index (χ1) is 14.5. The van der Waals surface area contributed by atoms with Crippen molar-refractivity contribution in [3.05, 3.63) is 64.4 Å². The third-order valence-electron chi connectivity index (χ3n) is 5.07. The highest BCUT2D eigenvalue weighted by Crippen LogP contribution is 2.42. The van der Waals surface area contributed by atoms with Crippen LogP contribution in [0.4, 0.5) is 10.2 Å². The number of nitrogens with one attached hydrogen (secondary N) is 3. The average Bonchev–Trinajstić information content (AvgIpc) is 3.19. The number of hydrogen-bond donors (Lipinski definition) is 4. The Bertz CT molecular complexity index is 1070. The van der Waals surface area contributed by atoms with Crippen LogP contribution in [0.3, 0.4) is 0 Å². The van der Waals surface area contributed by atoms with Crippen molar-refractivity contribution in [2.24, 2.45) is 5.11 Å². The summed E-state index contributed by atoms with van der Waals surface area (Å²) >= 11 is 1.64. The zero-order chi connectivity index (χ0) is 21.3. The van der Waals surface area contributed by atoms with Crippen molar-refractivity contribution in [3.63, 3.8) is 0 Å². The molecule has 5 N–H and O–H groups in total. The van der Waals surface area contributed by atoms with E-state index in [4.69, 9.17) is 16.0 Å². The molecule has 0 radical (unpaired) electrons. The van der Waals surface area contributed by atoms with Gasteiger partial charge in [-0.1, -0.05) is 6.07 Å². The number of nitrogens with zero attached hydrogens (tertiary/aromatic N) is 2. The van der Waals surface area contributed by atoms with Crippen molar-refractivity contribution in [1.29, 1.82) is 5.53 Å². The Kier molecular flexibility index (Phi) is 5.63. The van der Waals surface area contributed by atoms with Crippen molar-refractivity contribution >= 4 is 28.2 Å². The van der Waals surface area contributed by atoms with Gasteiger partial charge in [-0.2, -0.15) is 5.11 Å². The summed E-state index contributed by atoms with van der Waals surface area (Å²) in [4.78, 5) is 5.28. The molecule has 2 aliphatic heterocycles. The van der Waals surface area contributed by atoms with E-state index in [1.54, 1.807) is 30.1 Å². The summed E-state index contributed by atoms with van der Waals surface area (Å²) in [5.74, 6) is 1.02. The Balaban J connectivity index is 1.98. The van der Waals surface area contributed by atoms with Crippen LogP contribution in [0.1, 0.15) is 43.1 Å². The van der Waals surface area contributed by atoms with Crippen LogP contribution in [0, 0.1) is 11.3 Å². The number of benzene rings is 1. The molecule has 156 valence electrons. The minimum Gasteiger partial charge on any atom is -0.482 e. The number of aromatic nitrogens is 1. The highest BCUT2D eigenvalue weighted by atomic mass is 32.2. The fourth-order valence-corrected chi connectivity index (χ4v) is 4.71. The highest BCUT2D eigenvalue weighted by Gasteiger charge is 2.26. The highest BCUT2D eigenvalue weighted by molar-refractivity contribution is 8.08. The molecule has 1 aromatic heterocycles. The molecule has 1 atom stereocenters. The Morgan fingerprint density at radius 1 is 1.43 bits per heavy atom. The Hall–Kier alpha value is -3.07. The van der Waals surface area contributed by atoms with Crippen LogP contribution in [0.5, 0.6) is 5.75 Å². The fourth-order valence-electron chi connectivity index (χ4n) is 3.66. The first kappa shape index (κ1) is 20.2. The molecule has 0 fully saturated rings. The summed E-state index contributed by atoms with van der Waals surface area (Å²) in [6, 6.07) is 6.51. The third-order valence-corrected chi connectivity index (χ3v) is 6.11. The van der Waals surface area contributed by atoms with Crippen molar-refractivity contribution < 1.29 is 9.13 Å². The molecule has 3 heterocycles. The second-order valence-corrected chi connectivity index (χ2v) is 8.00. The first-order valence-electron chi connectivity index (χ1n) is 9.68. The number of nitrogens with two attached hydrogens (primary N) is 1. The van der Waals surface area contributed by atoms with E-state index in [1.165, 1.54) is 12.1 Å². The Morgan fingerprint density at radius 2 is 2.27 bits per heavy atom. The van der Waals surface area contributed by atoms with Crippen LogP contribution in [-0.4, -0.2) is 17.4 Å². The number of anilines is 1. The topological polar surface area (TPSA) is 108 Å². The summed E-state index contributed by atoms with van der Waals surface area (Å²) in [5, 5.41) is 10.5. The van der Waals surface area contributed by atoms with Crippen molar-refractivity contribution in [3.8, 4) is 5.75 Å². The van der Waals surface area contributed by atoms with Crippen LogP contribution in [0.25, 0.3) is 10.6 Å². The lowest BCUT2D eigenvalue weighted by molar-refractivity contribution is 0.226. The predicted octanol–water partition coefficient (Wildman–Crippen LogP) is 4.62. The maximum Gasteiger partial charge on any atom is 0.166 e. The van der Waals surface area contributed by atoms with Gasteiger partial charge >= 0.3 is 0 Å². The lowest BCUT2D eigenvalue weighted by Gasteiger charge is -2.22. The van der Waals surface area contributed by atoms with Gasteiger partial charge in [-0.25, -0.2) is 14.9 Å². The summed E-state index contributed by atoms with van der Waals surface area (Å²) in [5.41, 5.74) is 18.5. The minimum absolute atomic E-state index is 0.248. The van der Waals surface area contributed by atoms with E-state index in [-0.39, 0.29) is 11.6 Å². The normalized spacial score (nSPS) is 20.8. The van der Waals surface area contributed by atoms with Gasteiger partial charge in [0.15, 0.2) is 11.6 Å². The van der Waals surface area contributed by atoms with E-state index in [0.717, 1.165) is 27.3 Å². The monoisotopic (exact) mass is 426 g/mol. The Labute approximate surface area is 178 Å². The van der Waals surface area contributed by atoms with Gasteiger partial charge in [-0.3, -0.25) is 0 Å². The molecule has 0 saturated carbocycles. The molecule has 2 bridgehead atoms. The average molecular weight is 427 g/mol. The molecule has 9 heteroatoms. The smallest absolute Gasteiger partial charge is 0.166 e. The van der Waals surface area contributed by atoms with Gasteiger partial charge in [0.2, 0.25) is 0 Å². The van der Waals surface area contributed by atoms with Gasteiger partial charge in [-0.15, -0.1) is 11.8 Å². The molecule has 1 unspecified atom stereocenters. The molecule has 0 aliphatic carbocycles.